The minimum atomic E-state index is -0.186. The average molecular weight is 289 g/mol. The summed E-state index contributed by atoms with van der Waals surface area (Å²) in [5.74, 6) is 1.52. The van der Waals surface area contributed by atoms with E-state index in [0.717, 1.165) is 37.3 Å². The van der Waals surface area contributed by atoms with Gasteiger partial charge in [0.25, 0.3) is 0 Å². The molecule has 2 rings (SSSR count). The lowest BCUT2D eigenvalue weighted by Crippen LogP contribution is -2.97. The first kappa shape index (κ1) is 15.7. The van der Waals surface area contributed by atoms with Gasteiger partial charge in [-0.15, -0.1) is 0 Å². The van der Waals surface area contributed by atoms with Gasteiger partial charge in [-0.2, -0.15) is 5.26 Å². The third-order valence-corrected chi connectivity index (χ3v) is 4.38. The highest BCUT2D eigenvalue weighted by Crippen LogP contribution is 2.27. The Kier molecular flexibility index (Phi) is 5.46. The summed E-state index contributed by atoms with van der Waals surface area (Å²) in [5.41, 5.74) is 1.03. The maximum absolute atomic E-state index is 9.47. The summed E-state index contributed by atoms with van der Waals surface area (Å²) in [5, 5.41) is 11.7. The molecule has 0 amide bonds. The second-order valence-electron chi connectivity index (χ2n) is 5.76. The molecule has 0 radical (unpaired) electrons. The van der Waals surface area contributed by atoms with E-state index in [2.05, 4.69) is 17.5 Å². The molecule has 114 valence electrons. The van der Waals surface area contributed by atoms with Crippen LogP contribution in [0.3, 0.4) is 0 Å². The summed E-state index contributed by atoms with van der Waals surface area (Å²) in [6.45, 7) is 0.934. The number of benzene rings is 1. The Hall–Kier alpha value is -1.73. The van der Waals surface area contributed by atoms with E-state index in [1.165, 1.54) is 24.8 Å². The number of methoxy groups -OCH3 is 2. The van der Waals surface area contributed by atoms with E-state index >= 15 is 0 Å². The van der Waals surface area contributed by atoms with E-state index in [0.29, 0.717) is 0 Å². The molecule has 1 aromatic rings. The molecule has 0 unspecified atom stereocenters. The highest BCUT2D eigenvalue weighted by Gasteiger charge is 2.35. The number of quaternary nitrogens is 1. The van der Waals surface area contributed by atoms with Gasteiger partial charge in [-0.1, -0.05) is 12.5 Å². The number of rotatable bonds is 6. The van der Waals surface area contributed by atoms with Gasteiger partial charge < -0.3 is 14.8 Å². The van der Waals surface area contributed by atoms with Crippen LogP contribution in [0.5, 0.6) is 11.5 Å². The van der Waals surface area contributed by atoms with Crippen LogP contribution in [-0.2, 0) is 6.42 Å². The maximum Gasteiger partial charge on any atom is 0.183 e. The Bertz CT molecular complexity index is 502. The van der Waals surface area contributed by atoms with E-state index in [1.54, 1.807) is 14.2 Å². The van der Waals surface area contributed by atoms with E-state index < -0.39 is 0 Å². The Morgan fingerprint density at radius 3 is 2.48 bits per heavy atom. The van der Waals surface area contributed by atoms with E-state index in [9.17, 15) is 5.26 Å². The van der Waals surface area contributed by atoms with Crippen molar-refractivity contribution >= 4 is 0 Å². The summed E-state index contributed by atoms with van der Waals surface area (Å²) < 4.78 is 10.6. The van der Waals surface area contributed by atoms with Crippen LogP contribution in [-0.4, -0.2) is 26.3 Å². The molecule has 1 aliphatic carbocycles. The lowest BCUT2D eigenvalue weighted by molar-refractivity contribution is -0.716. The molecule has 0 heterocycles. The molecule has 21 heavy (non-hydrogen) atoms. The number of hydrogen-bond donors (Lipinski definition) is 1. The van der Waals surface area contributed by atoms with Gasteiger partial charge in [0.05, 0.1) is 20.8 Å². The van der Waals surface area contributed by atoms with Crippen molar-refractivity contribution in [2.24, 2.45) is 0 Å². The van der Waals surface area contributed by atoms with Crippen molar-refractivity contribution < 1.29 is 14.8 Å². The molecule has 0 spiro atoms. The highest BCUT2D eigenvalue weighted by molar-refractivity contribution is 5.42. The molecule has 0 aliphatic heterocycles. The third-order valence-electron chi connectivity index (χ3n) is 4.38. The fraction of sp³-hybridized carbons (Fsp3) is 0.588. The summed E-state index contributed by atoms with van der Waals surface area (Å²) in [6, 6.07) is 8.57. The number of hydrogen-bond acceptors (Lipinski definition) is 3. The summed E-state index contributed by atoms with van der Waals surface area (Å²) in [7, 11) is 3.30. The second-order valence-corrected chi connectivity index (χ2v) is 5.76. The predicted molar refractivity (Wildman–Crippen MR) is 81.5 cm³/mol. The summed E-state index contributed by atoms with van der Waals surface area (Å²) in [4.78, 5) is 0. The van der Waals surface area contributed by atoms with Gasteiger partial charge in [-0.05, 0) is 30.5 Å². The molecule has 1 saturated carbocycles. The Morgan fingerprint density at radius 1 is 1.14 bits per heavy atom. The fourth-order valence-electron chi connectivity index (χ4n) is 3.10. The minimum Gasteiger partial charge on any atom is -0.493 e. The molecule has 1 aliphatic rings. The molecule has 2 N–H and O–H groups in total. The zero-order valence-electron chi connectivity index (χ0n) is 13.0. The lowest BCUT2D eigenvalue weighted by Gasteiger charge is -2.28. The number of ether oxygens (including phenoxy) is 2. The minimum absolute atomic E-state index is 0.186. The molecule has 0 bridgehead atoms. The largest absolute Gasteiger partial charge is 0.493 e. The van der Waals surface area contributed by atoms with Gasteiger partial charge in [0.2, 0.25) is 0 Å². The Balaban J connectivity index is 1.92. The molecule has 4 nitrogen and oxygen atoms in total. The van der Waals surface area contributed by atoms with Gasteiger partial charge in [-0.3, -0.25) is 0 Å². The van der Waals surface area contributed by atoms with Crippen LogP contribution < -0.4 is 14.8 Å². The van der Waals surface area contributed by atoms with Gasteiger partial charge >= 0.3 is 0 Å². The van der Waals surface area contributed by atoms with Gasteiger partial charge in [-0.25, -0.2) is 0 Å². The first-order chi connectivity index (χ1) is 10.2. The van der Waals surface area contributed by atoms with E-state index in [4.69, 9.17) is 9.47 Å². The van der Waals surface area contributed by atoms with Crippen molar-refractivity contribution in [1.82, 2.24) is 0 Å². The molecular weight excluding hydrogens is 264 g/mol. The first-order valence-electron chi connectivity index (χ1n) is 7.69. The molecule has 0 atom stereocenters. The molecule has 0 aromatic heterocycles. The van der Waals surface area contributed by atoms with Crippen LogP contribution in [0.2, 0.25) is 0 Å². The smallest absolute Gasteiger partial charge is 0.183 e. The molecule has 1 fully saturated rings. The number of nitriles is 1. The van der Waals surface area contributed by atoms with Crippen molar-refractivity contribution in [3.63, 3.8) is 0 Å². The zero-order chi connectivity index (χ0) is 15.1. The number of nitrogens with zero attached hydrogens (tertiary/aromatic N) is 1. The van der Waals surface area contributed by atoms with E-state index in [-0.39, 0.29) is 5.54 Å². The van der Waals surface area contributed by atoms with Crippen LogP contribution in [0.15, 0.2) is 18.2 Å². The zero-order valence-corrected chi connectivity index (χ0v) is 13.0. The quantitative estimate of drug-likeness (QED) is 0.872. The van der Waals surface area contributed by atoms with Crippen LogP contribution in [0.4, 0.5) is 0 Å². The van der Waals surface area contributed by atoms with Gasteiger partial charge in [0.1, 0.15) is 6.07 Å². The fourth-order valence-corrected chi connectivity index (χ4v) is 3.10. The molecule has 4 heteroatoms. The van der Waals surface area contributed by atoms with Crippen molar-refractivity contribution in [2.75, 3.05) is 20.8 Å². The van der Waals surface area contributed by atoms with Crippen LogP contribution in [0, 0.1) is 11.3 Å². The van der Waals surface area contributed by atoms with Crippen molar-refractivity contribution in [3.05, 3.63) is 23.8 Å². The van der Waals surface area contributed by atoms with Gasteiger partial charge in [0, 0.05) is 19.3 Å². The predicted octanol–water partition coefficient (Wildman–Crippen LogP) is 2.04. The lowest BCUT2D eigenvalue weighted by atomic mass is 9.83. The SMILES string of the molecule is COc1ccc(CC[NH2+]C2(C#N)CCCCC2)cc1OC. The van der Waals surface area contributed by atoms with Crippen LogP contribution in [0.1, 0.15) is 37.7 Å². The van der Waals surface area contributed by atoms with Crippen molar-refractivity contribution in [2.45, 2.75) is 44.1 Å². The number of nitrogens with two attached hydrogens (primary N) is 1. The van der Waals surface area contributed by atoms with Crippen LogP contribution in [0.25, 0.3) is 0 Å². The first-order valence-corrected chi connectivity index (χ1v) is 7.69. The molecule has 1 aromatic carbocycles. The molecule has 0 saturated heterocycles. The third kappa shape index (κ3) is 3.89. The summed E-state index contributed by atoms with van der Waals surface area (Å²) in [6.07, 6.45) is 6.61. The topological polar surface area (TPSA) is 58.9 Å². The molecular formula is C17H25N2O2+. The van der Waals surface area contributed by atoms with E-state index in [1.807, 2.05) is 12.1 Å². The summed E-state index contributed by atoms with van der Waals surface area (Å²) >= 11 is 0. The van der Waals surface area contributed by atoms with Crippen molar-refractivity contribution in [3.8, 4) is 17.6 Å². The average Bonchev–Trinajstić information content (AvgIpc) is 2.55. The second kappa shape index (κ2) is 7.33. The Labute approximate surface area is 127 Å². The van der Waals surface area contributed by atoms with Gasteiger partial charge in [0.15, 0.2) is 17.0 Å². The Morgan fingerprint density at radius 2 is 1.86 bits per heavy atom. The highest BCUT2D eigenvalue weighted by atomic mass is 16.5. The standard InChI is InChI=1S/C17H24N2O2/c1-20-15-7-6-14(12-16(15)21-2)8-11-19-17(13-18)9-4-3-5-10-17/h6-7,12,19H,3-5,8-11H2,1-2H3/p+1. The van der Waals surface area contributed by atoms with Crippen LogP contribution >= 0.6 is 0 Å². The normalized spacial score (nSPS) is 17.0. The maximum atomic E-state index is 9.47. The monoisotopic (exact) mass is 289 g/mol. The van der Waals surface area contributed by atoms with Crippen molar-refractivity contribution in [1.29, 1.82) is 5.26 Å².